The Balaban J connectivity index is 1.96. The molecule has 1 heterocycles. The van der Waals surface area contributed by atoms with Crippen LogP contribution in [0.5, 0.6) is 5.75 Å². The van der Waals surface area contributed by atoms with Gasteiger partial charge in [-0.25, -0.2) is 0 Å². The predicted molar refractivity (Wildman–Crippen MR) is 89.7 cm³/mol. The zero-order valence-electron chi connectivity index (χ0n) is 12.6. The highest BCUT2D eigenvalue weighted by Gasteiger charge is 2.20. The van der Waals surface area contributed by atoms with E-state index in [2.05, 4.69) is 25.7 Å². The van der Waals surface area contributed by atoms with Crippen molar-refractivity contribution in [3.05, 3.63) is 52.2 Å². The maximum Gasteiger partial charge on any atom is 0.119 e. The van der Waals surface area contributed by atoms with E-state index in [1.54, 1.807) is 11.3 Å². The van der Waals surface area contributed by atoms with Crippen LogP contribution >= 0.6 is 11.3 Å². The van der Waals surface area contributed by atoms with Crippen molar-refractivity contribution in [1.82, 2.24) is 0 Å². The largest absolute Gasteiger partial charge is 0.492 e. The lowest BCUT2D eigenvalue weighted by molar-refractivity contribution is 0.207. The molecule has 0 unspecified atom stereocenters. The lowest BCUT2D eigenvalue weighted by atomic mass is 9.96. The molecule has 3 heteroatoms. The second-order valence-corrected chi connectivity index (χ2v) is 6.06. The van der Waals surface area contributed by atoms with Gasteiger partial charge in [-0.05, 0) is 48.6 Å². The number of hydrogen-bond acceptors (Lipinski definition) is 3. The van der Waals surface area contributed by atoms with Crippen LogP contribution in [0.2, 0.25) is 0 Å². The zero-order valence-corrected chi connectivity index (χ0v) is 13.4. The standard InChI is InChI=1S/C18H21NOS/c1-3-18(19,4-2)14-20-16-10-7-15(8-11-16)9-12-17-6-5-13-21-17/h5-8,10-11,13H,3-4,14,19H2,1-2H3. The zero-order chi connectivity index (χ0) is 15.1. The Bertz CT molecular complexity index is 601. The summed E-state index contributed by atoms with van der Waals surface area (Å²) in [5, 5.41) is 2.03. The first-order chi connectivity index (χ1) is 10.1. The number of thiophene rings is 1. The molecule has 0 atom stereocenters. The van der Waals surface area contributed by atoms with Crippen LogP contribution in [-0.2, 0) is 0 Å². The van der Waals surface area contributed by atoms with E-state index in [4.69, 9.17) is 10.5 Å². The van der Waals surface area contributed by atoms with Gasteiger partial charge in [0.2, 0.25) is 0 Å². The van der Waals surface area contributed by atoms with Gasteiger partial charge >= 0.3 is 0 Å². The van der Waals surface area contributed by atoms with Crippen LogP contribution < -0.4 is 10.5 Å². The minimum Gasteiger partial charge on any atom is -0.492 e. The summed E-state index contributed by atoms with van der Waals surface area (Å²) in [5.74, 6) is 7.13. The molecule has 0 amide bonds. The van der Waals surface area contributed by atoms with Crippen molar-refractivity contribution in [2.75, 3.05) is 6.61 Å². The van der Waals surface area contributed by atoms with E-state index < -0.39 is 0 Å². The highest BCUT2D eigenvalue weighted by Crippen LogP contribution is 2.17. The second-order valence-electron chi connectivity index (χ2n) is 5.11. The van der Waals surface area contributed by atoms with Crippen molar-refractivity contribution in [1.29, 1.82) is 0 Å². The Morgan fingerprint density at radius 1 is 1.10 bits per heavy atom. The molecule has 0 fully saturated rings. The highest BCUT2D eigenvalue weighted by atomic mass is 32.1. The highest BCUT2D eigenvalue weighted by molar-refractivity contribution is 7.10. The van der Waals surface area contributed by atoms with E-state index in [-0.39, 0.29) is 5.54 Å². The van der Waals surface area contributed by atoms with Crippen molar-refractivity contribution in [3.63, 3.8) is 0 Å². The molecule has 2 N–H and O–H groups in total. The molecule has 0 bridgehead atoms. The van der Waals surface area contributed by atoms with E-state index in [9.17, 15) is 0 Å². The molecule has 0 aliphatic carbocycles. The SMILES string of the molecule is CCC(N)(CC)COc1ccc(C#Cc2cccs2)cc1. The first-order valence-corrected chi connectivity index (χ1v) is 8.10. The van der Waals surface area contributed by atoms with Gasteiger partial charge in [0, 0.05) is 11.1 Å². The Labute approximate surface area is 131 Å². The van der Waals surface area contributed by atoms with E-state index in [1.807, 2.05) is 41.8 Å². The first-order valence-electron chi connectivity index (χ1n) is 7.22. The Morgan fingerprint density at radius 2 is 1.81 bits per heavy atom. The van der Waals surface area contributed by atoms with Crippen LogP contribution in [0.1, 0.15) is 37.1 Å². The summed E-state index contributed by atoms with van der Waals surface area (Å²) in [6.45, 7) is 4.73. The molecule has 2 rings (SSSR count). The van der Waals surface area contributed by atoms with Gasteiger partial charge in [-0.1, -0.05) is 31.8 Å². The number of rotatable bonds is 5. The molecule has 0 aliphatic rings. The maximum atomic E-state index is 6.23. The van der Waals surface area contributed by atoms with Crippen molar-refractivity contribution in [3.8, 4) is 17.6 Å². The van der Waals surface area contributed by atoms with Gasteiger partial charge in [-0.15, -0.1) is 11.3 Å². The van der Waals surface area contributed by atoms with Gasteiger partial charge in [0.25, 0.3) is 0 Å². The van der Waals surface area contributed by atoms with E-state index in [0.717, 1.165) is 29.0 Å². The van der Waals surface area contributed by atoms with E-state index >= 15 is 0 Å². The molecule has 1 aromatic carbocycles. The smallest absolute Gasteiger partial charge is 0.119 e. The molecule has 0 saturated heterocycles. The number of nitrogens with two attached hydrogens (primary N) is 1. The van der Waals surface area contributed by atoms with Crippen LogP contribution in [0.25, 0.3) is 0 Å². The van der Waals surface area contributed by atoms with Gasteiger partial charge in [-0.2, -0.15) is 0 Å². The minimum absolute atomic E-state index is 0.238. The van der Waals surface area contributed by atoms with Gasteiger partial charge in [0.05, 0.1) is 4.88 Å². The van der Waals surface area contributed by atoms with E-state index in [1.165, 1.54) is 0 Å². The lowest BCUT2D eigenvalue weighted by Crippen LogP contribution is -2.44. The summed E-state index contributed by atoms with van der Waals surface area (Å²) in [6, 6.07) is 11.9. The van der Waals surface area contributed by atoms with Crippen LogP contribution in [0.4, 0.5) is 0 Å². The fourth-order valence-electron chi connectivity index (χ4n) is 1.80. The molecule has 110 valence electrons. The number of hydrogen-bond donors (Lipinski definition) is 1. The van der Waals surface area contributed by atoms with Crippen LogP contribution in [0, 0.1) is 11.8 Å². The Kier molecular flexibility index (Phi) is 5.44. The van der Waals surface area contributed by atoms with Crippen molar-refractivity contribution in [2.24, 2.45) is 5.73 Å². The van der Waals surface area contributed by atoms with Gasteiger partial charge in [0.15, 0.2) is 0 Å². The fraction of sp³-hybridized carbons (Fsp3) is 0.333. The maximum absolute atomic E-state index is 6.23. The van der Waals surface area contributed by atoms with Crippen molar-refractivity contribution < 1.29 is 4.74 Å². The Morgan fingerprint density at radius 3 is 2.38 bits per heavy atom. The first kappa shape index (κ1) is 15.6. The van der Waals surface area contributed by atoms with Gasteiger partial charge < -0.3 is 10.5 Å². The monoisotopic (exact) mass is 299 g/mol. The number of ether oxygens (including phenoxy) is 1. The predicted octanol–water partition coefficient (Wildman–Crippen LogP) is 4.04. The molecule has 0 saturated carbocycles. The quantitative estimate of drug-likeness (QED) is 0.846. The molecule has 2 aromatic rings. The Hall–Kier alpha value is -1.76. The molecule has 21 heavy (non-hydrogen) atoms. The summed E-state index contributed by atoms with van der Waals surface area (Å²) >= 11 is 1.65. The lowest BCUT2D eigenvalue weighted by Gasteiger charge is -2.26. The molecule has 2 nitrogen and oxygen atoms in total. The molecule has 0 radical (unpaired) electrons. The third-order valence-electron chi connectivity index (χ3n) is 3.64. The fourth-order valence-corrected chi connectivity index (χ4v) is 2.37. The van der Waals surface area contributed by atoms with Crippen LogP contribution in [0.15, 0.2) is 41.8 Å². The van der Waals surface area contributed by atoms with Gasteiger partial charge in [-0.3, -0.25) is 0 Å². The van der Waals surface area contributed by atoms with Crippen LogP contribution in [-0.4, -0.2) is 12.1 Å². The van der Waals surface area contributed by atoms with Gasteiger partial charge in [0.1, 0.15) is 12.4 Å². The van der Waals surface area contributed by atoms with Crippen molar-refractivity contribution >= 4 is 11.3 Å². The molecule has 0 spiro atoms. The average molecular weight is 299 g/mol. The normalized spacial score (nSPS) is 10.8. The summed E-state index contributed by atoms with van der Waals surface area (Å²) < 4.78 is 5.79. The van der Waals surface area contributed by atoms with Crippen LogP contribution in [0.3, 0.4) is 0 Å². The topological polar surface area (TPSA) is 35.2 Å². The average Bonchev–Trinajstić information content (AvgIpc) is 3.05. The summed E-state index contributed by atoms with van der Waals surface area (Å²) in [7, 11) is 0. The third-order valence-corrected chi connectivity index (χ3v) is 4.43. The summed E-state index contributed by atoms with van der Waals surface area (Å²) in [5.41, 5.74) is 6.98. The minimum atomic E-state index is -0.238. The van der Waals surface area contributed by atoms with Crippen molar-refractivity contribution in [2.45, 2.75) is 32.2 Å². The number of benzene rings is 1. The summed E-state index contributed by atoms with van der Waals surface area (Å²) in [4.78, 5) is 1.08. The molecular formula is C18H21NOS. The summed E-state index contributed by atoms with van der Waals surface area (Å²) in [6.07, 6.45) is 1.82. The molecule has 0 aliphatic heterocycles. The second kappa shape index (κ2) is 7.31. The molecule has 1 aromatic heterocycles. The molecular weight excluding hydrogens is 278 g/mol. The van der Waals surface area contributed by atoms with E-state index in [0.29, 0.717) is 6.61 Å². The third kappa shape index (κ3) is 4.63.